The maximum atomic E-state index is 11.7. The van der Waals surface area contributed by atoms with E-state index in [4.69, 9.17) is 5.11 Å². The molecule has 0 aromatic heterocycles. The Morgan fingerprint density at radius 2 is 2.24 bits per heavy atom. The molecule has 2 nitrogen and oxygen atoms in total. The highest BCUT2D eigenvalue weighted by atomic mass is 16.3. The van der Waals surface area contributed by atoms with Crippen molar-refractivity contribution in [1.29, 1.82) is 0 Å². The van der Waals surface area contributed by atoms with E-state index in [1.54, 1.807) is 0 Å². The van der Waals surface area contributed by atoms with Gasteiger partial charge in [0.1, 0.15) is 6.61 Å². The van der Waals surface area contributed by atoms with E-state index in [0.717, 1.165) is 6.42 Å². The summed E-state index contributed by atoms with van der Waals surface area (Å²) in [6.45, 7) is 6.07. The van der Waals surface area contributed by atoms with Crippen molar-refractivity contribution in [2.24, 2.45) is 0 Å². The lowest BCUT2D eigenvalue weighted by atomic mass is 9.85. The molecule has 1 aliphatic rings. The zero-order chi connectivity index (χ0) is 15.4. The van der Waals surface area contributed by atoms with Crippen LogP contribution in [0, 0.1) is 6.92 Å². The van der Waals surface area contributed by atoms with Gasteiger partial charge in [0, 0.05) is 12.3 Å². The molecule has 0 spiro atoms. The maximum Gasteiger partial charge on any atom is 0.159 e. The number of fused-ring (bicyclic) bond motifs is 1. The summed E-state index contributed by atoms with van der Waals surface area (Å²) in [5, 5.41) is 9.04. The summed E-state index contributed by atoms with van der Waals surface area (Å²) >= 11 is 0. The second-order valence-electron chi connectivity index (χ2n) is 6.04. The standard InChI is InChI=1S/C19H26O2/c1-4-6-15(11-16(21)12-20)17-9-7-13(3)19-14(5-2)8-10-18(17)19/h4,6-7,9,14-15,20H,5,8,10-12H2,1-3H3/b6-4+/t14-,15-/m1/s1. The van der Waals surface area contributed by atoms with Crippen LogP contribution in [0.3, 0.4) is 0 Å². The topological polar surface area (TPSA) is 37.3 Å². The number of aliphatic hydroxyl groups is 1. The number of rotatable bonds is 6. The smallest absolute Gasteiger partial charge is 0.159 e. The Morgan fingerprint density at radius 1 is 1.48 bits per heavy atom. The van der Waals surface area contributed by atoms with Crippen molar-refractivity contribution < 1.29 is 9.90 Å². The number of Topliss-reactive ketones (excluding diaryl/α,β-unsaturated/α-hetero) is 1. The molecule has 1 aromatic rings. The summed E-state index contributed by atoms with van der Waals surface area (Å²) in [5.41, 5.74) is 5.63. The van der Waals surface area contributed by atoms with Crippen molar-refractivity contribution in [2.75, 3.05) is 6.61 Å². The highest BCUT2D eigenvalue weighted by Gasteiger charge is 2.27. The SMILES string of the molecule is C/C=C/[C@H](CC(=O)CO)c1ccc(C)c2c1CC[C@H]2CC. The molecule has 0 amide bonds. The molecule has 1 aliphatic carbocycles. The fraction of sp³-hybridized carbons (Fsp3) is 0.526. The second-order valence-corrected chi connectivity index (χ2v) is 6.04. The Morgan fingerprint density at radius 3 is 2.86 bits per heavy atom. The molecular weight excluding hydrogens is 260 g/mol. The zero-order valence-electron chi connectivity index (χ0n) is 13.4. The largest absolute Gasteiger partial charge is 0.389 e. The van der Waals surface area contributed by atoms with Crippen LogP contribution >= 0.6 is 0 Å². The van der Waals surface area contributed by atoms with Gasteiger partial charge in [-0.1, -0.05) is 31.2 Å². The van der Waals surface area contributed by atoms with Gasteiger partial charge >= 0.3 is 0 Å². The number of hydrogen-bond donors (Lipinski definition) is 1. The number of allylic oxidation sites excluding steroid dienone is 2. The van der Waals surface area contributed by atoms with E-state index in [0.29, 0.717) is 12.3 Å². The van der Waals surface area contributed by atoms with Gasteiger partial charge in [0.25, 0.3) is 0 Å². The lowest BCUT2D eigenvalue weighted by Crippen LogP contribution is -2.11. The molecule has 0 fully saturated rings. The molecule has 2 heteroatoms. The van der Waals surface area contributed by atoms with Gasteiger partial charge in [-0.2, -0.15) is 0 Å². The molecule has 1 N–H and O–H groups in total. The third kappa shape index (κ3) is 3.26. The summed E-state index contributed by atoms with van der Waals surface area (Å²) in [6.07, 6.45) is 8.02. The van der Waals surface area contributed by atoms with Gasteiger partial charge < -0.3 is 5.11 Å². The van der Waals surface area contributed by atoms with Crippen LogP contribution in [0.15, 0.2) is 24.3 Å². The number of benzene rings is 1. The number of hydrogen-bond acceptors (Lipinski definition) is 2. The van der Waals surface area contributed by atoms with Gasteiger partial charge in [0.05, 0.1) is 0 Å². The Labute approximate surface area is 127 Å². The van der Waals surface area contributed by atoms with E-state index in [-0.39, 0.29) is 18.3 Å². The first-order valence-electron chi connectivity index (χ1n) is 7.99. The summed E-state index contributed by atoms with van der Waals surface area (Å²) in [6, 6.07) is 4.38. The average Bonchev–Trinajstić information content (AvgIpc) is 2.92. The lowest BCUT2D eigenvalue weighted by Gasteiger charge is -2.19. The number of ketones is 1. The number of aliphatic hydroxyl groups excluding tert-OH is 1. The number of aryl methyl sites for hydroxylation is 1. The van der Waals surface area contributed by atoms with E-state index in [1.165, 1.54) is 35.1 Å². The first-order chi connectivity index (χ1) is 10.1. The molecule has 0 saturated heterocycles. The van der Waals surface area contributed by atoms with Crippen LogP contribution in [0.2, 0.25) is 0 Å². The Balaban J connectivity index is 2.43. The summed E-state index contributed by atoms with van der Waals surface area (Å²) in [4.78, 5) is 11.7. The summed E-state index contributed by atoms with van der Waals surface area (Å²) in [5.74, 6) is 0.678. The minimum Gasteiger partial charge on any atom is -0.389 e. The molecule has 114 valence electrons. The number of carbonyl (C=O) groups is 1. The van der Waals surface area contributed by atoms with Crippen molar-refractivity contribution in [3.63, 3.8) is 0 Å². The fourth-order valence-corrected chi connectivity index (χ4v) is 3.69. The van der Waals surface area contributed by atoms with Crippen molar-refractivity contribution in [2.45, 2.75) is 58.3 Å². The van der Waals surface area contributed by atoms with E-state index in [2.05, 4.69) is 32.1 Å². The third-order valence-electron chi connectivity index (χ3n) is 4.70. The summed E-state index contributed by atoms with van der Waals surface area (Å²) in [7, 11) is 0. The van der Waals surface area contributed by atoms with Gasteiger partial charge in [-0.25, -0.2) is 0 Å². The van der Waals surface area contributed by atoms with Gasteiger partial charge in [-0.15, -0.1) is 0 Å². The minimum atomic E-state index is -0.361. The lowest BCUT2D eigenvalue weighted by molar-refractivity contribution is -0.121. The third-order valence-corrected chi connectivity index (χ3v) is 4.70. The van der Waals surface area contributed by atoms with E-state index in [1.807, 2.05) is 13.0 Å². The van der Waals surface area contributed by atoms with Crippen molar-refractivity contribution in [3.05, 3.63) is 46.5 Å². The Hall–Kier alpha value is -1.41. The average molecular weight is 286 g/mol. The van der Waals surface area contributed by atoms with E-state index in [9.17, 15) is 4.79 Å². The highest BCUT2D eigenvalue weighted by Crippen LogP contribution is 2.42. The van der Waals surface area contributed by atoms with Crippen LogP contribution in [0.5, 0.6) is 0 Å². The predicted octanol–water partition coefficient (Wildman–Crippen LogP) is 4.05. The van der Waals surface area contributed by atoms with Crippen LogP contribution in [0.4, 0.5) is 0 Å². The fourth-order valence-electron chi connectivity index (χ4n) is 3.69. The molecule has 1 aromatic carbocycles. The first kappa shape index (κ1) is 16.0. The van der Waals surface area contributed by atoms with Gasteiger partial charge in [0.15, 0.2) is 5.78 Å². The van der Waals surface area contributed by atoms with Crippen LogP contribution < -0.4 is 0 Å². The summed E-state index contributed by atoms with van der Waals surface area (Å²) < 4.78 is 0. The molecule has 2 rings (SSSR count). The first-order valence-corrected chi connectivity index (χ1v) is 7.99. The van der Waals surface area contributed by atoms with Gasteiger partial charge in [-0.05, 0) is 61.3 Å². The second kappa shape index (κ2) is 7.04. The molecule has 0 unspecified atom stereocenters. The van der Waals surface area contributed by atoms with Crippen molar-refractivity contribution >= 4 is 5.78 Å². The maximum absolute atomic E-state index is 11.7. The molecule has 21 heavy (non-hydrogen) atoms. The predicted molar refractivity (Wildman–Crippen MR) is 86.8 cm³/mol. The minimum absolute atomic E-state index is 0.0857. The molecule has 0 aliphatic heterocycles. The monoisotopic (exact) mass is 286 g/mol. The van der Waals surface area contributed by atoms with Crippen molar-refractivity contribution in [1.82, 2.24) is 0 Å². The Kier molecular flexibility index (Phi) is 5.35. The molecule has 0 bridgehead atoms. The molecule has 0 heterocycles. The van der Waals surface area contributed by atoms with Gasteiger partial charge in [-0.3, -0.25) is 4.79 Å². The quantitative estimate of drug-likeness (QED) is 0.801. The van der Waals surface area contributed by atoms with Crippen LogP contribution in [0.1, 0.15) is 67.2 Å². The zero-order valence-corrected chi connectivity index (χ0v) is 13.4. The molecule has 0 radical (unpaired) electrons. The molecule has 2 atom stereocenters. The molecular formula is C19H26O2. The van der Waals surface area contributed by atoms with E-state index < -0.39 is 0 Å². The van der Waals surface area contributed by atoms with Gasteiger partial charge in [0.2, 0.25) is 0 Å². The normalized spacial score (nSPS) is 19.0. The van der Waals surface area contributed by atoms with Crippen LogP contribution in [-0.2, 0) is 11.2 Å². The van der Waals surface area contributed by atoms with Crippen LogP contribution in [-0.4, -0.2) is 17.5 Å². The Bertz CT molecular complexity index is 543. The van der Waals surface area contributed by atoms with Crippen LogP contribution in [0.25, 0.3) is 0 Å². The number of carbonyl (C=O) groups excluding carboxylic acids is 1. The van der Waals surface area contributed by atoms with E-state index >= 15 is 0 Å². The van der Waals surface area contributed by atoms with Crippen molar-refractivity contribution in [3.8, 4) is 0 Å². The highest BCUT2D eigenvalue weighted by molar-refractivity contribution is 5.80. The molecule has 0 saturated carbocycles.